The fraction of sp³-hybridized carbons (Fsp3) is 0.462. The highest BCUT2D eigenvalue weighted by molar-refractivity contribution is 5.64. The zero-order valence-corrected chi connectivity index (χ0v) is 9.82. The van der Waals surface area contributed by atoms with Crippen molar-refractivity contribution in [3.8, 4) is 0 Å². The molecule has 92 valence electrons. The van der Waals surface area contributed by atoms with Gasteiger partial charge in [-0.05, 0) is 43.0 Å². The predicted molar refractivity (Wildman–Crippen MR) is 65.7 cm³/mol. The summed E-state index contributed by atoms with van der Waals surface area (Å²) in [6.45, 7) is 2.41. The van der Waals surface area contributed by atoms with E-state index in [1.165, 1.54) is 18.4 Å². The van der Waals surface area contributed by atoms with Crippen molar-refractivity contribution in [3.05, 3.63) is 35.4 Å². The number of nitrogens with one attached hydrogen (secondary N) is 1. The van der Waals surface area contributed by atoms with Gasteiger partial charge < -0.3 is 15.8 Å². The monoisotopic (exact) mass is 234 g/mol. The van der Waals surface area contributed by atoms with Crippen LogP contribution in [0.1, 0.15) is 29.9 Å². The van der Waals surface area contributed by atoms with Crippen molar-refractivity contribution < 1.29 is 9.53 Å². The van der Waals surface area contributed by atoms with E-state index in [9.17, 15) is 4.79 Å². The second kappa shape index (κ2) is 5.68. The van der Waals surface area contributed by atoms with E-state index in [-0.39, 0.29) is 6.61 Å². The van der Waals surface area contributed by atoms with Crippen LogP contribution in [0, 0.1) is 0 Å². The van der Waals surface area contributed by atoms with E-state index >= 15 is 0 Å². The number of piperidine rings is 1. The SMILES string of the molecule is NC(=O)OCc1cccc(C2CCNCC2)c1. The molecular formula is C13H18N2O2. The van der Waals surface area contributed by atoms with Crippen LogP contribution in [0.15, 0.2) is 24.3 Å². The molecule has 4 nitrogen and oxygen atoms in total. The second-order valence-corrected chi connectivity index (χ2v) is 4.38. The van der Waals surface area contributed by atoms with Gasteiger partial charge in [-0.2, -0.15) is 0 Å². The van der Waals surface area contributed by atoms with Crippen LogP contribution in [0.4, 0.5) is 4.79 Å². The first-order valence-electron chi connectivity index (χ1n) is 5.97. The van der Waals surface area contributed by atoms with Crippen molar-refractivity contribution in [2.45, 2.75) is 25.4 Å². The third kappa shape index (κ3) is 3.46. The lowest BCUT2D eigenvalue weighted by molar-refractivity contribution is 0.150. The molecular weight excluding hydrogens is 216 g/mol. The number of nitrogens with two attached hydrogens (primary N) is 1. The van der Waals surface area contributed by atoms with Crippen molar-refractivity contribution in [2.75, 3.05) is 13.1 Å². The van der Waals surface area contributed by atoms with Crippen LogP contribution in [0.5, 0.6) is 0 Å². The lowest BCUT2D eigenvalue weighted by atomic mass is 9.89. The van der Waals surface area contributed by atoms with E-state index in [1.54, 1.807) is 0 Å². The van der Waals surface area contributed by atoms with Crippen molar-refractivity contribution in [1.29, 1.82) is 0 Å². The molecule has 1 fully saturated rings. The summed E-state index contributed by atoms with van der Waals surface area (Å²) in [5, 5.41) is 3.35. The number of carbonyl (C=O) groups excluding carboxylic acids is 1. The van der Waals surface area contributed by atoms with Crippen LogP contribution in [-0.4, -0.2) is 19.2 Å². The van der Waals surface area contributed by atoms with Gasteiger partial charge in [-0.1, -0.05) is 24.3 Å². The topological polar surface area (TPSA) is 64.4 Å². The van der Waals surface area contributed by atoms with Gasteiger partial charge in [-0.15, -0.1) is 0 Å². The number of benzene rings is 1. The molecule has 1 aromatic rings. The maximum atomic E-state index is 10.6. The molecule has 1 aliphatic heterocycles. The van der Waals surface area contributed by atoms with Crippen LogP contribution in [0.2, 0.25) is 0 Å². The Morgan fingerprint density at radius 2 is 2.18 bits per heavy atom. The highest BCUT2D eigenvalue weighted by Gasteiger charge is 2.15. The molecule has 1 aromatic carbocycles. The fourth-order valence-electron chi connectivity index (χ4n) is 2.25. The molecule has 0 spiro atoms. The first-order chi connectivity index (χ1) is 8.25. The lowest BCUT2D eigenvalue weighted by Gasteiger charge is -2.23. The zero-order valence-electron chi connectivity index (χ0n) is 9.82. The molecule has 0 saturated carbocycles. The van der Waals surface area contributed by atoms with E-state index in [4.69, 9.17) is 10.5 Å². The third-order valence-corrected chi connectivity index (χ3v) is 3.14. The Bertz CT molecular complexity index is 387. The number of hydrogen-bond donors (Lipinski definition) is 2. The largest absolute Gasteiger partial charge is 0.445 e. The number of hydrogen-bond acceptors (Lipinski definition) is 3. The molecule has 17 heavy (non-hydrogen) atoms. The third-order valence-electron chi connectivity index (χ3n) is 3.14. The molecule has 0 atom stereocenters. The normalized spacial score (nSPS) is 16.7. The van der Waals surface area contributed by atoms with Gasteiger partial charge in [0, 0.05) is 0 Å². The first kappa shape index (κ1) is 11.9. The molecule has 1 amide bonds. The van der Waals surface area contributed by atoms with Crippen molar-refractivity contribution in [3.63, 3.8) is 0 Å². The van der Waals surface area contributed by atoms with Crippen LogP contribution in [-0.2, 0) is 11.3 Å². The summed E-state index contributed by atoms with van der Waals surface area (Å²) >= 11 is 0. The Balaban J connectivity index is 2.02. The molecule has 1 saturated heterocycles. The summed E-state index contributed by atoms with van der Waals surface area (Å²) in [7, 11) is 0. The lowest BCUT2D eigenvalue weighted by Crippen LogP contribution is -2.26. The first-order valence-corrected chi connectivity index (χ1v) is 5.97. The molecule has 0 aromatic heterocycles. The van der Waals surface area contributed by atoms with Gasteiger partial charge in [-0.3, -0.25) is 0 Å². The number of rotatable bonds is 3. The van der Waals surface area contributed by atoms with Crippen LogP contribution < -0.4 is 11.1 Å². The van der Waals surface area contributed by atoms with E-state index in [0.717, 1.165) is 18.7 Å². The highest BCUT2D eigenvalue weighted by atomic mass is 16.5. The van der Waals surface area contributed by atoms with Gasteiger partial charge in [-0.25, -0.2) is 4.79 Å². The molecule has 2 rings (SSSR count). The quantitative estimate of drug-likeness (QED) is 0.837. The summed E-state index contributed by atoms with van der Waals surface area (Å²) in [5.41, 5.74) is 7.28. The van der Waals surface area contributed by atoms with Crippen LogP contribution >= 0.6 is 0 Å². The van der Waals surface area contributed by atoms with Gasteiger partial charge in [0.25, 0.3) is 0 Å². The van der Waals surface area contributed by atoms with Gasteiger partial charge in [0.05, 0.1) is 0 Å². The standard InChI is InChI=1S/C13H18N2O2/c14-13(16)17-9-10-2-1-3-12(8-10)11-4-6-15-7-5-11/h1-3,8,11,15H,4-7,9H2,(H2,14,16). The number of carbonyl (C=O) groups is 1. The molecule has 0 aliphatic carbocycles. The minimum atomic E-state index is -0.725. The second-order valence-electron chi connectivity index (χ2n) is 4.38. The summed E-state index contributed by atoms with van der Waals surface area (Å²) in [4.78, 5) is 10.6. The number of amides is 1. The molecule has 1 heterocycles. The van der Waals surface area contributed by atoms with Gasteiger partial charge in [0.1, 0.15) is 6.61 Å². The molecule has 3 N–H and O–H groups in total. The maximum Gasteiger partial charge on any atom is 0.404 e. The molecule has 1 aliphatic rings. The Hall–Kier alpha value is -1.55. The van der Waals surface area contributed by atoms with E-state index < -0.39 is 6.09 Å². The molecule has 4 heteroatoms. The number of ether oxygens (including phenoxy) is 1. The molecule has 0 unspecified atom stereocenters. The predicted octanol–water partition coefficient (Wildman–Crippen LogP) is 1.75. The number of primary amides is 1. The Labute approximate surface area is 101 Å². The van der Waals surface area contributed by atoms with Crippen molar-refractivity contribution in [2.24, 2.45) is 5.73 Å². The minimum Gasteiger partial charge on any atom is -0.445 e. The summed E-state index contributed by atoms with van der Waals surface area (Å²) in [6.07, 6.45) is 1.61. The van der Waals surface area contributed by atoms with Gasteiger partial charge in [0.15, 0.2) is 0 Å². The van der Waals surface area contributed by atoms with Crippen molar-refractivity contribution in [1.82, 2.24) is 5.32 Å². The molecule has 0 bridgehead atoms. The fourth-order valence-corrected chi connectivity index (χ4v) is 2.25. The van der Waals surface area contributed by atoms with E-state index in [2.05, 4.69) is 17.4 Å². The van der Waals surface area contributed by atoms with Gasteiger partial charge >= 0.3 is 6.09 Å². The van der Waals surface area contributed by atoms with E-state index in [0.29, 0.717) is 5.92 Å². The van der Waals surface area contributed by atoms with Crippen LogP contribution in [0.25, 0.3) is 0 Å². The van der Waals surface area contributed by atoms with Gasteiger partial charge in [0.2, 0.25) is 0 Å². The van der Waals surface area contributed by atoms with Crippen LogP contribution in [0.3, 0.4) is 0 Å². The average molecular weight is 234 g/mol. The smallest absolute Gasteiger partial charge is 0.404 e. The summed E-state index contributed by atoms with van der Waals surface area (Å²) < 4.78 is 4.80. The minimum absolute atomic E-state index is 0.258. The highest BCUT2D eigenvalue weighted by Crippen LogP contribution is 2.25. The van der Waals surface area contributed by atoms with E-state index in [1.807, 2.05) is 12.1 Å². The van der Waals surface area contributed by atoms with Crippen molar-refractivity contribution >= 4 is 6.09 Å². The zero-order chi connectivity index (χ0) is 12.1. The average Bonchev–Trinajstić information content (AvgIpc) is 2.38. The summed E-state index contributed by atoms with van der Waals surface area (Å²) in [5.74, 6) is 0.616. The summed E-state index contributed by atoms with van der Waals surface area (Å²) in [6, 6.07) is 8.22. The Morgan fingerprint density at radius 1 is 1.41 bits per heavy atom. The Kier molecular flexibility index (Phi) is 3.98. The maximum absolute atomic E-state index is 10.6. The molecule has 0 radical (unpaired) electrons. The Morgan fingerprint density at radius 3 is 2.88 bits per heavy atom.